The third-order valence-corrected chi connectivity index (χ3v) is 4.72. The summed E-state index contributed by atoms with van der Waals surface area (Å²) in [5.74, 6) is -3.16. The number of benzene rings is 1. The van der Waals surface area contributed by atoms with E-state index in [0.717, 1.165) is 4.90 Å². The molecule has 1 aromatic carbocycles. The van der Waals surface area contributed by atoms with Crippen molar-refractivity contribution in [1.29, 1.82) is 0 Å². The standard InChI is InChI=1S/C17H20F2N2O5/c1-15(2,3)26-14(22)20-7-6-16(17(18,19)9-20)10-25-13-8-11(21(23)24)4-5-12(13)16/h4-5,8H,6-7,9-10H2,1-3H3. The first-order chi connectivity index (χ1) is 12.0. The van der Waals surface area contributed by atoms with Gasteiger partial charge in [0.2, 0.25) is 0 Å². The average molecular weight is 370 g/mol. The number of carbonyl (C=O) groups is 1. The molecule has 142 valence electrons. The first kappa shape index (κ1) is 18.3. The van der Waals surface area contributed by atoms with Crippen LogP contribution in [0.3, 0.4) is 0 Å². The van der Waals surface area contributed by atoms with Gasteiger partial charge in [-0.3, -0.25) is 10.1 Å². The van der Waals surface area contributed by atoms with E-state index in [1.165, 1.54) is 18.2 Å². The number of hydrogen-bond acceptors (Lipinski definition) is 5. The van der Waals surface area contributed by atoms with Crippen molar-refractivity contribution in [3.8, 4) is 5.75 Å². The summed E-state index contributed by atoms with van der Waals surface area (Å²) in [6.45, 7) is 4.03. The van der Waals surface area contributed by atoms with E-state index in [9.17, 15) is 14.9 Å². The number of nitro groups is 1. The van der Waals surface area contributed by atoms with E-state index in [0.29, 0.717) is 0 Å². The molecule has 1 spiro atoms. The number of rotatable bonds is 1. The van der Waals surface area contributed by atoms with Crippen molar-refractivity contribution >= 4 is 11.8 Å². The van der Waals surface area contributed by atoms with Crippen LogP contribution < -0.4 is 4.74 Å². The molecule has 9 heteroatoms. The molecular formula is C17H20F2N2O5. The molecule has 1 atom stereocenters. The Morgan fingerprint density at radius 2 is 2.08 bits per heavy atom. The number of fused-ring (bicyclic) bond motifs is 2. The second kappa shape index (κ2) is 5.78. The summed E-state index contributed by atoms with van der Waals surface area (Å²) in [4.78, 5) is 23.4. The van der Waals surface area contributed by atoms with E-state index < -0.39 is 34.5 Å². The average Bonchev–Trinajstić information content (AvgIpc) is 2.88. The van der Waals surface area contributed by atoms with Crippen LogP contribution >= 0.6 is 0 Å². The number of amides is 1. The van der Waals surface area contributed by atoms with Gasteiger partial charge >= 0.3 is 6.09 Å². The summed E-state index contributed by atoms with van der Waals surface area (Å²) in [5.41, 5.74) is -2.34. The van der Waals surface area contributed by atoms with Gasteiger partial charge in [-0.1, -0.05) is 0 Å². The number of non-ortho nitro benzene ring substituents is 1. The number of nitrogens with zero attached hydrogens (tertiary/aromatic N) is 2. The Balaban J connectivity index is 1.87. The maximum atomic E-state index is 15.1. The summed E-state index contributed by atoms with van der Waals surface area (Å²) < 4.78 is 40.7. The van der Waals surface area contributed by atoms with Gasteiger partial charge in [0, 0.05) is 18.2 Å². The van der Waals surface area contributed by atoms with Gasteiger partial charge in [-0.2, -0.15) is 0 Å². The smallest absolute Gasteiger partial charge is 0.410 e. The zero-order chi connectivity index (χ0) is 19.3. The number of ether oxygens (including phenoxy) is 2. The van der Waals surface area contributed by atoms with Crippen LogP contribution in [0.1, 0.15) is 32.8 Å². The third-order valence-electron chi connectivity index (χ3n) is 4.72. The van der Waals surface area contributed by atoms with Crippen molar-refractivity contribution in [3.05, 3.63) is 33.9 Å². The number of halogens is 2. The summed E-state index contributed by atoms with van der Waals surface area (Å²) in [6, 6.07) is 3.70. The molecule has 26 heavy (non-hydrogen) atoms. The molecule has 0 radical (unpaired) electrons. The summed E-state index contributed by atoms with van der Waals surface area (Å²) in [7, 11) is 0. The van der Waals surface area contributed by atoms with Gasteiger partial charge in [-0.05, 0) is 33.3 Å². The normalized spacial score (nSPS) is 24.1. The monoisotopic (exact) mass is 370 g/mol. The van der Waals surface area contributed by atoms with Crippen molar-refractivity contribution in [3.63, 3.8) is 0 Å². The van der Waals surface area contributed by atoms with E-state index in [1.807, 2.05) is 0 Å². The fourth-order valence-corrected chi connectivity index (χ4v) is 3.39. The van der Waals surface area contributed by atoms with E-state index in [-0.39, 0.29) is 36.6 Å². The van der Waals surface area contributed by atoms with Crippen LogP contribution in [0, 0.1) is 10.1 Å². The lowest BCUT2D eigenvalue weighted by atomic mass is 9.71. The highest BCUT2D eigenvalue weighted by Gasteiger charge is 2.62. The largest absolute Gasteiger partial charge is 0.492 e. The molecule has 2 aliphatic rings. The summed E-state index contributed by atoms with van der Waals surface area (Å²) in [5, 5.41) is 10.9. The number of nitro benzene ring substituents is 1. The lowest BCUT2D eigenvalue weighted by Crippen LogP contribution is -2.60. The Hall–Kier alpha value is -2.45. The quantitative estimate of drug-likeness (QED) is 0.558. The molecule has 7 nitrogen and oxygen atoms in total. The predicted octanol–water partition coefficient (Wildman–Crippen LogP) is 3.50. The first-order valence-electron chi connectivity index (χ1n) is 8.23. The van der Waals surface area contributed by atoms with Gasteiger partial charge in [-0.25, -0.2) is 13.6 Å². The van der Waals surface area contributed by atoms with Crippen LogP contribution in [-0.4, -0.2) is 47.1 Å². The molecular weight excluding hydrogens is 350 g/mol. The van der Waals surface area contributed by atoms with Gasteiger partial charge in [0.15, 0.2) is 0 Å². The molecule has 1 fully saturated rings. The molecule has 1 unspecified atom stereocenters. The highest BCUT2D eigenvalue weighted by Crippen LogP contribution is 2.53. The van der Waals surface area contributed by atoms with Crippen molar-refractivity contribution in [2.24, 2.45) is 0 Å². The van der Waals surface area contributed by atoms with Crippen LogP contribution in [0.5, 0.6) is 5.75 Å². The number of piperidine rings is 1. The van der Waals surface area contributed by atoms with Crippen LogP contribution in [0.25, 0.3) is 0 Å². The van der Waals surface area contributed by atoms with E-state index in [4.69, 9.17) is 9.47 Å². The molecule has 0 aliphatic carbocycles. The SMILES string of the molecule is CC(C)(C)OC(=O)N1CCC2(COc3cc([N+](=O)[O-])ccc32)C(F)(F)C1. The van der Waals surface area contributed by atoms with Crippen molar-refractivity contribution < 1.29 is 28.0 Å². The number of hydrogen-bond donors (Lipinski definition) is 0. The van der Waals surface area contributed by atoms with Crippen LogP contribution in [0.2, 0.25) is 0 Å². The molecule has 2 heterocycles. The fraction of sp³-hybridized carbons (Fsp3) is 0.588. The molecule has 0 N–H and O–H groups in total. The van der Waals surface area contributed by atoms with Crippen LogP contribution in [-0.2, 0) is 10.2 Å². The minimum absolute atomic E-state index is 0.0238. The molecule has 2 aliphatic heterocycles. The van der Waals surface area contributed by atoms with Gasteiger partial charge in [-0.15, -0.1) is 0 Å². The molecule has 0 saturated carbocycles. The molecule has 0 aromatic heterocycles. The van der Waals surface area contributed by atoms with Gasteiger partial charge in [0.25, 0.3) is 11.6 Å². The first-order valence-corrected chi connectivity index (χ1v) is 8.23. The number of carbonyl (C=O) groups excluding carboxylic acids is 1. The van der Waals surface area contributed by atoms with Crippen LogP contribution in [0.4, 0.5) is 19.3 Å². The zero-order valence-electron chi connectivity index (χ0n) is 14.8. The lowest BCUT2D eigenvalue weighted by Gasteiger charge is -2.44. The Bertz CT molecular complexity index is 762. The summed E-state index contributed by atoms with van der Waals surface area (Å²) >= 11 is 0. The molecule has 1 aromatic rings. The summed E-state index contributed by atoms with van der Waals surface area (Å²) in [6.07, 6.45) is -0.806. The Morgan fingerprint density at radius 3 is 2.65 bits per heavy atom. The third kappa shape index (κ3) is 2.95. The zero-order valence-corrected chi connectivity index (χ0v) is 14.8. The van der Waals surface area contributed by atoms with Gasteiger partial charge in [0.1, 0.15) is 18.0 Å². The minimum Gasteiger partial charge on any atom is -0.492 e. The Kier molecular flexibility index (Phi) is 4.08. The predicted molar refractivity (Wildman–Crippen MR) is 87.6 cm³/mol. The maximum absolute atomic E-state index is 15.1. The van der Waals surface area contributed by atoms with Gasteiger partial charge < -0.3 is 14.4 Å². The van der Waals surface area contributed by atoms with Gasteiger partial charge in [0.05, 0.1) is 22.9 Å². The Labute approximate surface area is 149 Å². The minimum atomic E-state index is -3.26. The van der Waals surface area contributed by atoms with Crippen molar-refractivity contribution in [2.75, 3.05) is 19.7 Å². The van der Waals surface area contributed by atoms with E-state index in [1.54, 1.807) is 20.8 Å². The second-order valence-corrected chi connectivity index (χ2v) is 7.66. The second-order valence-electron chi connectivity index (χ2n) is 7.66. The number of alkyl halides is 2. The highest BCUT2D eigenvalue weighted by atomic mass is 19.3. The van der Waals surface area contributed by atoms with Crippen molar-refractivity contribution in [2.45, 2.75) is 44.1 Å². The molecule has 0 bridgehead atoms. The maximum Gasteiger partial charge on any atom is 0.410 e. The fourth-order valence-electron chi connectivity index (χ4n) is 3.39. The molecule has 3 rings (SSSR count). The Morgan fingerprint density at radius 1 is 1.38 bits per heavy atom. The highest BCUT2D eigenvalue weighted by molar-refractivity contribution is 5.68. The molecule has 1 amide bonds. The molecule has 1 saturated heterocycles. The topological polar surface area (TPSA) is 81.9 Å². The van der Waals surface area contributed by atoms with Crippen molar-refractivity contribution in [1.82, 2.24) is 4.90 Å². The number of likely N-dealkylation sites (tertiary alicyclic amines) is 1. The lowest BCUT2D eigenvalue weighted by molar-refractivity contribution is -0.384. The van der Waals surface area contributed by atoms with Crippen LogP contribution in [0.15, 0.2) is 18.2 Å². The van der Waals surface area contributed by atoms with E-state index in [2.05, 4.69) is 0 Å². The van der Waals surface area contributed by atoms with E-state index >= 15 is 8.78 Å².